The Morgan fingerprint density at radius 1 is 1.06 bits per heavy atom. The number of aromatic amines is 1. The molecule has 1 saturated heterocycles. The molecule has 0 saturated carbocycles. The van der Waals surface area contributed by atoms with Gasteiger partial charge < -0.3 is 42.2 Å². The number of nitrogens with one attached hydrogen (secondary N) is 5. The molecule has 2 rings (SSSR count). The fourth-order valence-corrected chi connectivity index (χ4v) is 3.69. The third-order valence-electron chi connectivity index (χ3n) is 5.56. The van der Waals surface area contributed by atoms with Crippen LogP contribution in [0.3, 0.4) is 0 Å². The largest absolute Gasteiger partial charge is 0.481 e. The predicted molar refractivity (Wildman–Crippen MR) is 122 cm³/mol. The maximum atomic E-state index is 13.1. The van der Waals surface area contributed by atoms with Crippen LogP contribution in [0, 0.1) is 0 Å². The van der Waals surface area contributed by atoms with Crippen molar-refractivity contribution in [3.8, 4) is 0 Å². The predicted octanol–water partition coefficient (Wildman–Crippen LogP) is -2.15. The molecule has 1 aromatic rings. The number of unbranched alkanes of at least 4 members (excludes halogenated alkanes) is 1. The second kappa shape index (κ2) is 14.0. The Morgan fingerprint density at radius 2 is 1.77 bits per heavy atom. The summed E-state index contributed by atoms with van der Waals surface area (Å²) >= 11 is 0. The molecule has 0 spiro atoms. The summed E-state index contributed by atoms with van der Waals surface area (Å²) in [5.74, 6) is -4.76. The highest BCUT2D eigenvalue weighted by molar-refractivity contribution is 5.94. The summed E-state index contributed by atoms with van der Waals surface area (Å²) in [5.41, 5.74) is 6.02. The zero-order valence-electron chi connectivity index (χ0n) is 19.3. The Morgan fingerprint density at radius 3 is 2.34 bits per heavy atom. The Balaban J connectivity index is 2.15. The molecule has 35 heavy (non-hydrogen) atoms. The number of nitrogens with two attached hydrogens (primary N) is 1. The molecule has 0 radical (unpaired) electrons. The summed E-state index contributed by atoms with van der Waals surface area (Å²) in [7, 11) is 0. The minimum atomic E-state index is -1.69. The van der Waals surface area contributed by atoms with Crippen LogP contribution in [0.1, 0.15) is 44.2 Å². The minimum absolute atomic E-state index is 0.0649. The van der Waals surface area contributed by atoms with Gasteiger partial charge in [0.1, 0.15) is 18.1 Å². The van der Waals surface area contributed by atoms with Crippen LogP contribution < -0.4 is 27.0 Å². The highest BCUT2D eigenvalue weighted by atomic mass is 16.4. The molecule has 1 aromatic heterocycles. The Bertz CT molecular complexity index is 871. The highest BCUT2D eigenvalue weighted by Gasteiger charge is 2.32. The maximum absolute atomic E-state index is 13.1. The van der Waals surface area contributed by atoms with E-state index in [9.17, 15) is 29.1 Å². The Hall–Kier alpha value is -3.52. The summed E-state index contributed by atoms with van der Waals surface area (Å²) in [6.45, 7) is 1.12. The molecular formula is C21H33N7O7. The van der Waals surface area contributed by atoms with Crippen molar-refractivity contribution in [1.29, 1.82) is 0 Å². The molecule has 0 aromatic carbocycles. The SMILES string of the molecule is NCCCCC(NC(=O)C1CCCN1)C(=O)NC(Cc1cnc[nH]1)C(=O)NC(CC(=O)O)C(=O)O. The molecule has 14 nitrogen and oxygen atoms in total. The number of aliphatic carboxylic acids is 2. The van der Waals surface area contributed by atoms with Crippen molar-refractivity contribution in [2.75, 3.05) is 13.1 Å². The van der Waals surface area contributed by atoms with Gasteiger partial charge in [0.15, 0.2) is 0 Å². The van der Waals surface area contributed by atoms with Gasteiger partial charge in [-0.05, 0) is 45.2 Å². The van der Waals surface area contributed by atoms with E-state index in [2.05, 4.69) is 31.2 Å². The summed E-state index contributed by atoms with van der Waals surface area (Å²) in [6.07, 6.45) is 4.88. The molecular weight excluding hydrogens is 462 g/mol. The van der Waals surface area contributed by atoms with Crippen molar-refractivity contribution < 1.29 is 34.2 Å². The minimum Gasteiger partial charge on any atom is -0.481 e. The van der Waals surface area contributed by atoms with Gasteiger partial charge >= 0.3 is 11.9 Å². The van der Waals surface area contributed by atoms with Crippen LogP contribution in [0.4, 0.5) is 0 Å². The van der Waals surface area contributed by atoms with Crippen molar-refractivity contribution in [1.82, 2.24) is 31.2 Å². The number of hydrogen-bond donors (Lipinski definition) is 8. The van der Waals surface area contributed by atoms with E-state index in [1.54, 1.807) is 0 Å². The molecule has 3 amide bonds. The number of nitrogens with zero attached hydrogens (tertiary/aromatic N) is 1. The summed E-state index contributed by atoms with van der Waals surface area (Å²) in [6, 6.07) is -4.29. The van der Waals surface area contributed by atoms with E-state index in [0.29, 0.717) is 38.0 Å². The summed E-state index contributed by atoms with van der Waals surface area (Å²) in [5, 5.41) is 28.7. The third-order valence-corrected chi connectivity index (χ3v) is 5.56. The van der Waals surface area contributed by atoms with Crippen molar-refractivity contribution in [2.24, 2.45) is 5.73 Å². The van der Waals surface area contributed by atoms with E-state index in [-0.39, 0.29) is 18.7 Å². The molecule has 2 heterocycles. The standard InChI is InChI=1S/C21H33N7O7/c22-6-2-1-4-14(26-18(31)13-5-3-7-24-13)19(32)27-15(8-12-10-23-11-25-12)20(33)28-16(21(34)35)9-17(29)30/h10-11,13-16,24H,1-9,22H2,(H,23,25)(H,26,31)(H,27,32)(H,28,33)(H,29,30)(H,34,35). The number of carboxylic acid groups (broad SMARTS) is 2. The smallest absolute Gasteiger partial charge is 0.326 e. The van der Waals surface area contributed by atoms with Gasteiger partial charge in [0.2, 0.25) is 17.7 Å². The molecule has 14 heteroatoms. The summed E-state index contributed by atoms with van der Waals surface area (Å²) < 4.78 is 0. The van der Waals surface area contributed by atoms with Crippen LogP contribution in [-0.4, -0.2) is 87.1 Å². The van der Waals surface area contributed by atoms with Crippen LogP contribution >= 0.6 is 0 Å². The first kappa shape index (κ1) is 27.7. The quantitative estimate of drug-likeness (QED) is 0.123. The van der Waals surface area contributed by atoms with Gasteiger partial charge in [0.25, 0.3) is 0 Å². The van der Waals surface area contributed by atoms with E-state index in [1.807, 2.05) is 0 Å². The van der Waals surface area contributed by atoms with Gasteiger partial charge in [-0.3, -0.25) is 19.2 Å². The average molecular weight is 496 g/mol. The molecule has 1 aliphatic heterocycles. The van der Waals surface area contributed by atoms with Gasteiger partial charge in [-0.15, -0.1) is 0 Å². The lowest BCUT2D eigenvalue weighted by molar-refractivity contribution is -0.147. The molecule has 4 atom stereocenters. The molecule has 4 unspecified atom stereocenters. The van der Waals surface area contributed by atoms with Gasteiger partial charge in [0.05, 0.1) is 18.8 Å². The molecule has 194 valence electrons. The highest BCUT2D eigenvalue weighted by Crippen LogP contribution is 2.09. The fourth-order valence-electron chi connectivity index (χ4n) is 3.69. The van der Waals surface area contributed by atoms with E-state index in [1.165, 1.54) is 12.5 Å². The number of aromatic nitrogens is 2. The van der Waals surface area contributed by atoms with E-state index >= 15 is 0 Å². The lowest BCUT2D eigenvalue weighted by Crippen LogP contribution is -2.57. The Labute approximate surface area is 201 Å². The first-order chi connectivity index (χ1) is 16.7. The third kappa shape index (κ3) is 9.33. The topological polar surface area (TPSA) is 229 Å². The number of amides is 3. The monoisotopic (exact) mass is 495 g/mol. The van der Waals surface area contributed by atoms with E-state index < -0.39 is 54.3 Å². The van der Waals surface area contributed by atoms with Crippen molar-refractivity contribution in [2.45, 2.75) is 69.1 Å². The van der Waals surface area contributed by atoms with Crippen LogP contribution in [0.5, 0.6) is 0 Å². The molecule has 0 bridgehead atoms. The van der Waals surface area contributed by atoms with Crippen LogP contribution in [0.25, 0.3) is 0 Å². The number of imidazole rings is 1. The molecule has 1 fully saturated rings. The van der Waals surface area contributed by atoms with Crippen molar-refractivity contribution >= 4 is 29.7 Å². The number of carboxylic acids is 2. The van der Waals surface area contributed by atoms with E-state index in [4.69, 9.17) is 10.8 Å². The van der Waals surface area contributed by atoms with Crippen LogP contribution in [0.2, 0.25) is 0 Å². The second-order valence-electron chi connectivity index (χ2n) is 8.33. The molecule has 9 N–H and O–H groups in total. The van der Waals surface area contributed by atoms with Gasteiger partial charge in [-0.25, -0.2) is 9.78 Å². The first-order valence-corrected chi connectivity index (χ1v) is 11.5. The Kier molecular flexibility index (Phi) is 11.1. The molecule has 1 aliphatic rings. The van der Waals surface area contributed by atoms with Gasteiger partial charge in [-0.1, -0.05) is 0 Å². The number of H-pyrrole nitrogens is 1. The lowest BCUT2D eigenvalue weighted by Gasteiger charge is -2.25. The summed E-state index contributed by atoms with van der Waals surface area (Å²) in [4.78, 5) is 67.6. The maximum Gasteiger partial charge on any atom is 0.326 e. The number of carbonyl (C=O) groups is 5. The second-order valence-corrected chi connectivity index (χ2v) is 8.33. The fraction of sp³-hybridized carbons (Fsp3) is 0.619. The van der Waals surface area contributed by atoms with Crippen molar-refractivity contribution in [3.05, 3.63) is 18.2 Å². The first-order valence-electron chi connectivity index (χ1n) is 11.5. The van der Waals surface area contributed by atoms with Gasteiger partial charge in [0, 0.05) is 18.3 Å². The normalized spacial score (nSPS) is 17.7. The van der Waals surface area contributed by atoms with Crippen molar-refractivity contribution in [3.63, 3.8) is 0 Å². The zero-order chi connectivity index (χ0) is 25.8. The number of rotatable bonds is 15. The zero-order valence-corrected chi connectivity index (χ0v) is 19.3. The van der Waals surface area contributed by atoms with Crippen LogP contribution in [-0.2, 0) is 30.4 Å². The molecule has 0 aliphatic carbocycles. The number of carbonyl (C=O) groups excluding carboxylic acids is 3. The van der Waals surface area contributed by atoms with Gasteiger partial charge in [-0.2, -0.15) is 0 Å². The average Bonchev–Trinajstić information content (AvgIpc) is 3.51. The van der Waals surface area contributed by atoms with E-state index in [0.717, 1.165) is 6.42 Å². The lowest BCUT2D eigenvalue weighted by atomic mass is 10.1. The van der Waals surface area contributed by atoms with Crippen LogP contribution in [0.15, 0.2) is 12.5 Å². The number of hydrogen-bond acceptors (Lipinski definition) is 8.